The molecule has 2 N–H and O–H groups in total. The van der Waals surface area contributed by atoms with Crippen LogP contribution in [0.25, 0.3) is 0 Å². The van der Waals surface area contributed by atoms with Gasteiger partial charge in [-0.25, -0.2) is 0 Å². The molecular formula is C16H20BrN3S. The van der Waals surface area contributed by atoms with Crippen molar-refractivity contribution in [2.75, 3.05) is 13.6 Å². The number of rotatable bonds is 5. The number of hydrogen-bond donors (Lipinski definition) is 2. The molecular weight excluding hydrogens is 346 g/mol. The zero-order chi connectivity index (χ0) is 15.1. The minimum Gasteiger partial charge on any atom is -0.356 e. The molecule has 0 fully saturated rings. The molecule has 0 spiro atoms. The summed E-state index contributed by atoms with van der Waals surface area (Å²) >= 11 is 5.26. The maximum atomic E-state index is 4.28. The van der Waals surface area contributed by atoms with Crippen molar-refractivity contribution in [1.29, 1.82) is 0 Å². The minimum absolute atomic E-state index is 0.230. The Labute approximate surface area is 138 Å². The summed E-state index contributed by atoms with van der Waals surface area (Å²) in [4.78, 5) is 5.64. The second-order valence-corrected chi connectivity index (χ2v) is 7.28. The van der Waals surface area contributed by atoms with Crippen molar-refractivity contribution in [2.24, 2.45) is 4.99 Å². The van der Waals surface area contributed by atoms with E-state index in [0.29, 0.717) is 0 Å². The lowest BCUT2D eigenvalue weighted by Crippen LogP contribution is -2.39. The molecule has 1 atom stereocenters. The van der Waals surface area contributed by atoms with Gasteiger partial charge in [-0.15, -0.1) is 11.3 Å². The highest BCUT2D eigenvalue weighted by Gasteiger charge is 2.07. The van der Waals surface area contributed by atoms with Gasteiger partial charge in [0.2, 0.25) is 0 Å². The van der Waals surface area contributed by atoms with Crippen molar-refractivity contribution >= 4 is 33.2 Å². The molecule has 0 saturated heterocycles. The molecule has 2 rings (SSSR count). The van der Waals surface area contributed by atoms with Crippen molar-refractivity contribution in [3.8, 4) is 0 Å². The van der Waals surface area contributed by atoms with Gasteiger partial charge in [0.15, 0.2) is 5.96 Å². The zero-order valence-corrected chi connectivity index (χ0v) is 14.7. The van der Waals surface area contributed by atoms with Gasteiger partial charge >= 0.3 is 0 Å². The van der Waals surface area contributed by atoms with Crippen LogP contribution in [0.15, 0.2) is 51.2 Å². The molecule has 1 aromatic heterocycles. The summed E-state index contributed by atoms with van der Waals surface area (Å²) in [6, 6.07) is 14.8. The van der Waals surface area contributed by atoms with E-state index in [2.05, 4.69) is 74.9 Å². The molecule has 0 saturated carbocycles. The van der Waals surface area contributed by atoms with Crippen molar-refractivity contribution in [2.45, 2.75) is 19.4 Å². The largest absolute Gasteiger partial charge is 0.356 e. The van der Waals surface area contributed by atoms with Crippen LogP contribution >= 0.6 is 27.3 Å². The monoisotopic (exact) mass is 365 g/mol. The topological polar surface area (TPSA) is 36.4 Å². The number of benzene rings is 1. The number of thiophene rings is 1. The second kappa shape index (κ2) is 8.20. The first kappa shape index (κ1) is 16.0. The summed E-state index contributed by atoms with van der Waals surface area (Å²) in [5.74, 6) is 0.835. The van der Waals surface area contributed by atoms with E-state index in [1.54, 1.807) is 18.4 Å². The lowest BCUT2D eigenvalue weighted by Gasteiger charge is -2.18. The molecule has 2 aromatic rings. The highest BCUT2D eigenvalue weighted by Crippen LogP contribution is 2.22. The van der Waals surface area contributed by atoms with Crippen LogP contribution in [-0.2, 0) is 6.42 Å². The standard InChI is InChI=1S/C16H20BrN3S/c1-12(13-6-4-3-5-7-13)20-16(18-2)19-11-10-14-8-9-15(17)21-14/h3-9,12H,10-11H2,1-2H3,(H2,18,19,20). The average Bonchev–Trinajstić information content (AvgIpc) is 2.92. The van der Waals surface area contributed by atoms with Crippen molar-refractivity contribution < 1.29 is 0 Å². The number of aliphatic imine (C=N–C) groups is 1. The van der Waals surface area contributed by atoms with E-state index in [-0.39, 0.29) is 6.04 Å². The third kappa shape index (κ3) is 5.17. The first-order chi connectivity index (χ1) is 10.2. The number of nitrogens with zero attached hydrogens (tertiary/aromatic N) is 1. The van der Waals surface area contributed by atoms with Gasteiger partial charge < -0.3 is 10.6 Å². The summed E-state index contributed by atoms with van der Waals surface area (Å²) in [5.41, 5.74) is 1.25. The smallest absolute Gasteiger partial charge is 0.191 e. The molecule has 0 radical (unpaired) electrons. The summed E-state index contributed by atoms with van der Waals surface area (Å²) in [6.07, 6.45) is 0.997. The van der Waals surface area contributed by atoms with Crippen LogP contribution in [-0.4, -0.2) is 19.6 Å². The normalized spacial score (nSPS) is 13.0. The van der Waals surface area contributed by atoms with E-state index in [9.17, 15) is 0 Å². The molecule has 0 bridgehead atoms. The van der Waals surface area contributed by atoms with Crippen LogP contribution in [0.5, 0.6) is 0 Å². The highest BCUT2D eigenvalue weighted by atomic mass is 79.9. The molecule has 0 aliphatic carbocycles. The minimum atomic E-state index is 0.230. The van der Waals surface area contributed by atoms with Gasteiger partial charge in [-0.2, -0.15) is 0 Å². The van der Waals surface area contributed by atoms with Crippen LogP contribution in [0.3, 0.4) is 0 Å². The second-order valence-electron chi connectivity index (χ2n) is 4.73. The third-order valence-electron chi connectivity index (χ3n) is 3.17. The molecule has 112 valence electrons. The fourth-order valence-corrected chi connectivity index (χ4v) is 3.50. The molecule has 0 aliphatic rings. The molecule has 3 nitrogen and oxygen atoms in total. The van der Waals surface area contributed by atoms with Gasteiger partial charge in [0.1, 0.15) is 0 Å². The Morgan fingerprint density at radius 3 is 2.62 bits per heavy atom. The Balaban J connectivity index is 1.81. The molecule has 21 heavy (non-hydrogen) atoms. The Hall–Kier alpha value is -1.33. The number of halogens is 1. The fourth-order valence-electron chi connectivity index (χ4n) is 2.01. The SMILES string of the molecule is CN=C(NCCc1ccc(Br)s1)NC(C)c1ccccc1. The molecule has 5 heteroatoms. The number of nitrogens with one attached hydrogen (secondary N) is 2. The van der Waals surface area contributed by atoms with E-state index in [1.165, 1.54) is 14.2 Å². The quantitative estimate of drug-likeness (QED) is 0.620. The van der Waals surface area contributed by atoms with Crippen molar-refractivity contribution in [1.82, 2.24) is 10.6 Å². The third-order valence-corrected chi connectivity index (χ3v) is 4.85. The lowest BCUT2D eigenvalue weighted by atomic mass is 10.1. The number of guanidine groups is 1. The Morgan fingerprint density at radius 2 is 2.00 bits per heavy atom. The first-order valence-corrected chi connectivity index (χ1v) is 8.56. The van der Waals surface area contributed by atoms with Crippen LogP contribution in [0.4, 0.5) is 0 Å². The van der Waals surface area contributed by atoms with Gasteiger partial charge in [0.05, 0.1) is 9.83 Å². The zero-order valence-electron chi connectivity index (χ0n) is 12.3. The summed E-state index contributed by atoms with van der Waals surface area (Å²) in [5, 5.41) is 6.77. The molecule has 1 aromatic carbocycles. The van der Waals surface area contributed by atoms with Crippen LogP contribution in [0.1, 0.15) is 23.4 Å². The van der Waals surface area contributed by atoms with Crippen LogP contribution in [0, 0.1) is 0 Å². The van der Waals surface area contributed by atoms with E-state index < -0.39 is 0 Å². The van der Waals surface area contributed by atoms with Crippen LogP contribution in [0.2, 0.25) is 0 Å². The van der Waals surface area contributed by atoms with Gasteiger partial charge in [-0.3, -0.25) is 4.99 Å². The van der Waals surface area contributed by atoms with Gasteiger partial charge in [0.25, 0.3) is 0 Å². The maximum Gasteiger partial charge on any atom is 0.191 e. The van der Waals surface area contributed by atoms with Gasteiger partial charge in [-0.05, 0) is 47.0 Å². The van der Waals surface area contributed by atoms with Crippen molar-refractivity contribution in [3.05, 3.63) is 56.7 Å². The van der Waals surface area contributed by atoms with E-state index in [1.807, 2.05) is 6.07 Å². The summed E-state index contributed by atoms with van der Waals surface area (Å²) < 4.78 is 1.18. The van der Waals surface area contributed by atoms with Gasteiger partial charge in [-0.1, -0.05) is 30.3 Å². The molecule has 1 heterocycles. The number of hydrogen-bond acceptors (Lipinski definition) is 2. The predicted molar refractivity (Wildman–Crippen MR) is 95.1 cm³/mol. The molecule has 0 amide bonds. The molecule has 1 unspecified atom stereocenters. The van der Waals surface area contributed by atoms with E-state index in [4.69, 9.17) is 0 Å². The first-order valence-electron chi connectivity index (χ1n) is 6.95. The predicted octanol–water partition coefficient (Wildman–Crippen LogP) is 3.98. The van der Waals surface area contributed by atoms with Crippen LogP contribution < -0.4 is 10.6 Å². The lowest BCUT2D eigenvalue weighted by molar-refractivity contribution is 0.685. The fraction of sp³-hybridized carbons (Fsp3) is 0.312. The van der Waals surface area contributed by atoms with E-state index in [0.717, 1.165) is 18.9 Å². The van der Waals surface area contributed by atoms with E-state index >= 15 is 0 Å². The summed E-state index contributed by atoms with van der Waals surface area (Å²) in [6.45, 7) is 3.01. The Morgan fingerprint density at radius 1 is 1.24 bits per heavy atom. The molecule has 0 aliphatic heterocycles. The van der Waals surface area contributed by atoms with Crippen molar-refractivity contribution in [3.63, 3.8) is 0 Å². The highest BCUT2D eigenvalue weighted by molar-refractivity contribution is 9.11. The summed E-state index contributed by atoms with van der Waals surface area (Å²) in [7, 11) is 1.80. The Bertz CT molecular complexity index is 580. The Kier molecular flexibility index (Phi) is 6.26. The maximum absolute atomic E-state index is 4.28. The van der Waals surface area contributed by atoms with Gasteiger partial charge in [0, 0.05) is 18.5 Å². The average molecular weight is 366 g/mol.